The zero-order valence-corrected chi connectivity index (χ0v) is 10.4. The van der Waals surface area contributed by atoms with Crippen molar-refractivity contribution >= 4 is 40.0 Å². The highest BCUT2D eigenvalue weighted by Gasteiger charge is 2.17. The molecule has 0 fully saturated rings. The number of ether oxygens (including phenoxy) is 1. The van der Waals surface area contributed by atoms with Crippen LogP contribution in [0, 0.1) is 0 Å². The molecule has 1 heterocycles. The summed E-state index contributed by atoms with van der Waals surface area (Å²) >= 11 is 5.59. The summed E-state index contributed by atoms with van der Waals surface area (Å²) in [5, 5.41) is 7.23. The van der Waals surface area contributed by atoms with Crippen LogP contribution in [-0.4, -0.2) is 35.0 Å². The number of nitrogens with one attached hydrogen (secondary N) is 1. The number of fused-ring (bicyclic) bond motifs is 1. The molecule has 0 aliphatic heterocycles. The highest BCUT2D eigenvalue weighted by Crippen LogP contribution is 2.28. The van der Waals surface area contributed by atoms with E-state index in [1.165, 1.54) is 7.11 Å². The fraction of sp³-hybridized carbons (Fsp3) is 0.182. The lowest BCUT2D eigenvalue weighted by molar-refractivity contribution is 0.0596. The summed E-state index contributed by atoms with van der Waals surface area (Å²) in [6.07, 6.45) is 0. The minimum atomic E-state index is -0.534. The lowest BCUT2D eigenvalue weighted by Gasteiger charge is -2.00. The zero-order chi connectivity index (χ0) is 13.1. The van der Waals surface area contributed by atoms with Crippen LogP contribution in [0.15, 0.2) is 23.2 Å². The van der Waals surface area contributed by atoms with Gasteiger partial charge in [-0.15, -0.1) is 11.6 Å². The number of carbonyl (C=O) groups is 1. The second-order valence-corrected chi connectivity index (χ2v) is 3.77. The van der Waals surface area contributed by atoms with Crippen LogP contribution in [0.4, 0.5) is 5.69 Å². The summed E-state index contributed by atoms with van der Waals surface area (Å²) in [4.78, 5) is 15.7. The number of aromatic amines is 1. The Hall–Kier alpha value is -2.08. The van der Waals surface area contributed by atoms with Gasteiger partial charge in [0.2, 0.25) is 0 Å². The topological polar surface area (TPSA) is 93.4 Å². The number of hydrogen-bond donors (Lipinski definition) is 2. The number of H-pyrrole nitrogens is 1. The fourth-order valence-electron chi connectivity index (χ4n) is 1.58. The number of aliphatic imine (C=N–C) groups is 1. The molecule has 2 aromatic rings. The molecule has 0 atom stereocenters. The number of nitrogens with zero attached hydrogens (tertiary/aromatic N) is 2. The van der Waals surface area contributed by atoms with Crippen LogP contribution in [0.1, 0.15) is 10.5 Å². The third kappa shape index (κ3) is 2.14. The molecule has 0 saturated carbocycles. The molecule has 0 aliphatic carbocycles. The molecule has 3 N–H and O–H groups in total. The van der Waals surface area contributed by atoms with Gasteiger partial charge in [0, 0.05) is 0 Å². The van der Waals surface area contributed by atoms with E-state index in [1.807, 2.05) is 0 Å². The number of esters is 1. The van der Waals surface area contributed by atoms with Crippen molar-refractivity contribution in [3.8, 4) is 0 Å². The zero-order valence-electron chi connectivity index (χ0n) is 9.61. The molecule has 6 nitrogen and oxygen atoms in total. The Bertz CT molecular complexity index is 621. The fourth-order valence-corrected chi connectivity index (χ4v) is 1.64. The van der Waals surface area contributed by atoms with Gasteiger partial charge in [-0.2, -0.15) is 5.10 Å². The van der Waals surface area contributed by atoms with Crippen molar-refractivity contribution in [1.29, 1.82) is 0 Å². The van der Waals surface area contributed by atoms with Gasteiger partial charge in [-0.3, -0.25) is 5.10 Å². The number of hydrogen-bond acceptors (Lipinski definition) is 4. The summed E-state index contributed by atoms with van der Waals surface area (Å²) in [6.45, 7) is 0. The lowest BCUT2D eigenvalue weighted by Crippen LogP contribution is -2.12. The van der Waals surface area contributed by atoms with Gasteiger partial charge in [0.05, 0.1) is 29.6 Å². The van der Waals surface area contributed by atoms with Gasteiger partial charge in [-0.05, 0) is 12.1 Å². The molecule has 0 bridgehead atoms. The average Bonchev–Trinajstić information content (AvgIpc) is 2.82. The van der Waals surface area contributed by atoms with E-state index in [0.717, 1.165) is 0 Å². The van der Waals surface area contributed by atoms with Crippen LogP contribution in [-0.2, 0) is 4.74 Å². The van der Waals surface area contributed by atoms with Crippen LogP contribution in [0.2, 0.25) is 0 Å². The smallest absolute Gasteiger partial charge is 0.359 e. The van der Waals surface area contributed by atoms with Gasteiger partial charge in [0.15, 0.2) is 5.69 Å². The van der Waals surface area contributed by atoms with Gasteiger partial charge in [0.25, 0.3) is 0 Å². The van der Waals surface area contributed by atoms with Gasteiger partial charge < -0.3 is 10.5 Å². The van der Waals surface area contributed by atoms with Gasteiger partial charge in [0.1, 0.15) is 5.84 Å². The maximum atomic E-state index is 11.6. The summed E-state index contributed by atoms with van der Waals surface area (Å²) in [7, 11) is 1.29. The number of alkyl halides is 1. The highest BCUT2D eigenvalue weighted by atomic mass is 35.5. The molecule has 18 heavy (non-hydrogen) atoms. The highest BCUT2D eigenvalue weighted by molar-refractivity contribution is 6.28. The molecule has 0 amide bonds. The number of rotatable bonds is 3. The first-order chi connectivity index (χ1) is 8.67. The third-order valence-electron chi connectivity index (χ3n) is 2.35. The Morgan fingerprint density at radius 3 is 3.06 bits per heavy atom. The number of aromatic nitrogens is 2. The minimum absolute atomic E-state index is 0.113. The first kappa shape index (κ1) is 12.4. The summed E-state index contributed by atoms with van der Waals surface area (Å²) in [5.41, 5.74) is 6.98. The van der Waals surface area contributed by atoms with E-state index in [4.69, 9.17) is 17.3 Å². The van der Waals surface area contributed by atoms with Crippen LogP contribution in [0.3, 0.4) is 0 Å². The Morgan fingerprint density at radius 2 is 2.39 bits per heavy atom. The number of carbonyl (C=O) groups excluding carboxylic acids is 1. The molecule has 94 valence electrons. The second-order valence-electron chi connectivity index (χ2n) is 3.50. The number of halogens is 1. The Balaban J connectivity index is 2.66. The summed E-state index contributed by atoms with van der Waals surface area (Å²) < 4.78 is 4.66. The van der Waals surface area contributed by atoms with Gasteiger partial charge in [-0.1, -0.05) is 6.07 Å². The van der Waals surface area contributed by atoms with Crippen LogP contribution in [0.25, 0.3) is 10.9 Å². The third-order valence-corrected chi connectivity index (χ3v) is 2.62. The molecular formula is C11H11ClN4O2. The molecule has 0 spiro atoms. The maximum Gasteiger partial charge on any atom is 0.359 e. The monoisotopic (exact) mass is 266 g/mol. The first-order valence-electron chi connectivity index (χ1n) is 5.11. The molecule has 0 unspecified atom stereocenters. The molecule has 0 saturated heterocycles. The number of amidine groups is 1. The lowest BCUT2D eigenvalue weighted by atomic mass is 10.1. The van der Waals surface area contributed by atoms with E-state index in [0.29, 0.717) is 16.6 Å². The first-order valence-corrected chi connectivity index (χ1v) is 5.65. The van der Waals surface area contributed by atoms with Gasteiger partial charge in [-0.25, -0.2) is 9.79 Å². The molecule has 1 aromatic heterocycles. The molecule has 2 rings (SSSR count). The predicted octanol–water partition coefficient (Wildman–Crippen LogP) is 1.58. The van der Waals surface area contributed by atoms with Crippen molar-refractivity contribution in [1.82, 2.24) is 10.2 Å². The van der Waals surface area contributed by atoms with Crippen molar-refractivity contribution in [2.24, 2.45) is 10.7 Å². The van der Waals surface area contributed by atoms with Crippen molar-refractivity contribution < 1.29 is 9.53 Å². The van der Waals surface area contributed by atoms with Gasteiger partial charge >= 0.3 is 5.97 Å². The van der Waals surface area contributed by atoms with Crippen molar-refractivity contribution in [2.75, 3.05) is 13.0 Å². The molecule has 7 heteroatoms. The average molecular weight is 267 g/mol. The quantitative estimate of drug-likeness (QED) is 0.382. The van der Waals surface area contributed by atoms with Crippen molar-refractivity contribution in [3.63, 3.8) is 0 Å². The molecular weight excluding hydrogens is 256 g/mol. The molecule has 0 aliphatic rings. The minimum Gasteiger partial charge on any atom is -0.464 e. The molecule has 1 aromatic carbocycles. The summed E-state index contributed by atoms with van der Waals surface area (Å²) in [6, 6.07) is 5.29. The van der Waals surface area contributed by atoms with E-state index in [-0.39, 0.29) is 17.4 Å². The van der Waals surface area contributed by atoms with Crippen molar-refractivity contribution in [3.05, 3.63) is 23.9 Å². The van der Waals surface area contributed by atoms with E-state index < -0.39 is 5.97 Å². The van der Waals surface area contributed by atoms with E-state index >= 15 is 0 Å². The van der Waals surface area contributed by atoms with Crippen LogP contribution in [0.5, 0.6) is 0 Å². The SMILES string of the molecule is COC(=O)c1n[nH]c2cccc(N=C(N)CCl)c12. The molecule has 0 radical (unpaired) electrons. The Labute approximate surface area is 108 Å². The second kappa shape index (κ2) is 5.05. The van der Waals surface area contributed by atoms with E-state index in [9.17, 15) is 4.79 Å². The van der Waals surface area contributed by atoms with Crippen LogP contribution >= 0.6 is 11.6 Å². The summed E-state index contributed by atoms with van der Waals surface area (Å²) in [5.74, 6) is -0.156. The van der Waals surface area contributed by atoms with Crippen LogP contribution < -0.4 is 5.73 Å². The maximum absolute atomic E-state index is 11.6. The number of methoxy groups -OCH3 is 1. The number of nitrogens with two attached hydrogens (primary N) is 1. The normalized spacial score (nSPS) is 11.8. The predicted molar refractivity (Wildman–Crippen MR) is 69.4 cm³/mol. The number of benzene rings is 1. The Morgan fingerprint density at radius 1 is 1.61 bits per heavy atom. The standard InChI is InChI=1S/C11H11ClN4O2/c1-18-11(17)10-9-6(14-8(13)5-12)3-2-4-7(9)15-16-10/h2-4H,5H2,1H3,(H2,13,14)(H,15,16). The van der Waals surface area contributed by atoms with E-state index in [1.54, 1.807) is 18.2 Å². The Kier molecular flexibility index (Phi) is 3.47. The van der Waals surface area contributed by atoms with E-state index in [2.05, 4.69) is 19.9 Å². The van der Waals surface area contributed by atoms with Crippen molar-refractivity contribution in [2.45, 2.75) is 0 Å². The largest absolute Gasteiger partial charge is 0.464 e.